The van der Waals surface area contributed by atoms with Crippen LogP contribution in [0.25, 0.3) is 0 Å². The molecule has 1 saturated heterocycles. The molecular formula is C18H22N4O5S. The summed E-state index contributed by atoms with van der Waals surface area (Å²) < 4.78 is 32.2. The van der Waals surface area contributed by atoms with Gasteiger partial charge in [-0.3, -0.25) is 10.1 Å². The number of nitro groups is 1. The Kier molecular flexibility index (Phi) is 5.80. The van der Waals surface area contributed by atoms with E-state index in [0.717, 1.165) is 18.9 Å². The highest BCUT2D eigenvalue weighted by atomic mass is 32.2. The fraction of sp³-hybridized carbons (Fsp3) is 0.389. The maximum Gasteiger partial charge on any atom is 0.294 e. The second kappa shape index (κ2) is 8.11. The Hall–Kier alpha value is -2.72. The van der Waals surface area contributed by atoms with E-state index in [1.165, 1.54) is 29.7 Å². The van der Waals surface area contributed by atoms with Crippen LogP contribution in [0.15, 0.2) is 41.4 Å². The van der Waals surface area contributed by atoms with Gasteiger partial charge in [0.05, 0.1) is 28.8 Å². The fourth-order valence-corrected chi connectivity index (χ4v) is 4.79. The first kappa shape index (κ1) is 20.0. The molecule has 1 atom stereocenters. The average molecular weight is 406 g/mol. The fourth-order valence-electron chi connectivity index (χ4n) is 3.17. The Bertz CT molecular complexity index is 962. The van der Waals surface area contributed by atoms with Crippen LogP contribution < -0.4 is 10.1 Å². The summed E-state index contributed by atoms with van der Waals surface area (Å²) in [6.07, 6.45) is 3.24. The zero-order valence-electron chi connectivity index (χ0n) is 15.7. The quantitative estimate of drug-likeness (QED) is 0.579. The first-order valence-electron chi connectivity index (χ1n) is 8.87. The molecule has 1 aliphatic heterocycles. The predicted molar refractivity (Wildman–Crippen MR) is 104 cm³/mol. The zero-order chi connectivity index (χ0) is 20.3. The van der Waals surface area contributed by atoms with Crippen LogP contribution in [0.4, 0.5) is 17.1 Å². The van der Waals surface area contributed by atoms with E-state index < -0.39 is 14.9 Å². The maximum absolute atomic E-state index is 12.9. The molecule has 0 aliphatic carbocycles. The van der Waals surface area contributed by atoms with Crippen LogP contribution in [-0.4, -0.2) is 42.8 Å². The van der Waals surface area contributed by atoms with Crippen molar-refractivity contribution in [1.29, 1.82) is 0 Å². The normalized spacial score (nSPS) is 17.9. The van der Waals surface area contributed by atoms with Crippen LogP contribution in [-0.2, 0) is 10.0 Å². The van der Waals surface area contributed by atoms with Crippen LogP contribution in [0, 0.1) is 16.0 Å². The Morgan fingerprint density at radius 1 is 1.32 bits per heavy atom. The molecule has 2 aromatic rings. The Balaban J connectivity index is 1.91. The molecule has 1 fully saturated rings. The van der Waals surface area contributed by atoms with Crippen molar-refractivity contribution in [2.45, 2.75) is 24.7 Å². The number of nitrogens with zero attached hydrogens (tertiary/aromatic N) is 3. The highest BCUT2D eigenvalue weighted by molar-refractivity contribution is 7.89. The third kappa shape index (κ3) is 4.23. The smallest absolute Gasteiger partial charge is 0.294 e. The van der Waals surface area contributed by atoms with Crippen molar-refractivity contribution < 1.29 is 18.1 Å². The van der Waals surface area contributed by atoms with Crippen LogP contribution in [0.3, 0.4) is 0 Å². The van der Waals surface area contributed by atoms with E-state index in [-0.39, 0.29) is 22.2 Å². The molecule has 150 valence electrons. The number of methoxy groups -OCH3 is 1. The lowest BCUT2D eigenvalue weighted by Crippen LogP contribution is -2.39. The van der Waals surface area contributed by atoms with E-state index in [4.69, 9.17) is 4.74 Å². The summed E-state index contributed by atoms with van der Waals surface area (Å²) in [4.78, 5) is 14.9. The van der Waals surface area contributed by atoms with Gasteiger partial charge in [-0.05, 0) is 37.0 Å². The van der Waals surface area contributed by atoms with Crippen molar-refractivity contribution in [2.24, 2.45) is 5.92 Å². The van der Waals surface area contributed by atoms with Gasteiger partial charge >= 0.3 is 0 Å². The third-order valence-electron chi connectivity index (χ3n) is 4.65. The van der Waals surface area contributed by atoms with Crippen LogP contribution >= 0.6 is 0 Å². The van der Waals surface area contributed by atoms with Crippen LogP contribution in [0.2, 0.25) is 0 Å². The summed E-state index contributed by atoms with van der Waals surface area (Å²) in [6, 6.07) is 7.18. The standard InChI is InChI=1S/C18H22N4O5S/c1-13-4-3-9-21(12-13)28(25,26)15-6-7-16(17(10-15)22(23)24)20-14-5-8-18(27-2)19-11-14/h5-8,10-11,13,20H,3-4,9,12H2,1-2H3/t13-/m1/s1. The van der Waals surface area contributed by atoms with E-state index in [2.05, 4.69) is 10.3 Å². The molecule has 0 unspecified atom stereocenters. The highest BCUT2D eigenvalue weighted by Gasteiger charge is 2.30. The van der Waals surface area contributed by atoms with E-state index in [1.807, 2.05) is 6.92 Å². The number of nitrogens with one attached hydrogen (secondary N) is 1. The Labute approximate surface area is 163 Å². The van der Waals surface area contributed by atoms with Crippen LogP contribution in [0.5, 0.6) is 5.88 Å². The molecule has 0 saturated carbocycles. The van der Waals surface area contributed by atoms with Gasteiger partial charge in [0.15, 0.2) is 0 Å². The largest absolute Gasteiger partial charge is 0.481 e. The summed E-state index contributed by atoms with van der Waals surface area (Å²) in [5.41, 5.74) is 0.384. The van der Waals surface area contributed by atoms with Crippen molar-refractivity contribution in [3.8, 4) is 5.88 Å². The van der Waals surface area contributed by atoms with Gasteiger partial charge in [0, 0.05) is 25.2 Å². The molecule has 1 N–H and O–H groups in total. The number of hydrogen-bond acceptors (Lipinski definition) is 7. The number of aromatic nitrogens is 1. The monoisotopic (exact) mass is 406 g/mol. The minimum Gasteiger partial charge on any atom is -0.481 e. The SMILES string of the molecule is COc1ccc(Nc2ccc(S(=O)(=O)N3CCC[C@@H](C)C3)cc2[N+](=O)[O-])cn1. The van der Waals surface area contributed by atoms with Gasteiger partial charge in [-0.1, -0.05) is 6.92 Å². The number of pyridine rings is 1. The maximum atomic E-state index is 12.9. The summed E-state index contributed by atoms with van der Waals surface area (Å²) >= 11 is 0. The van der Waals surface area contributed by atoms with Gasteiger partial charge in [-0.25, -0.2) is 13.4 Å². The zero-order valence-corrected chi connectivity index (χ0v) is 16.5. The minimum absolute atomic E-state index is 0.0771. The Morgan fingerprint density at radius 3 is 2.71 bits per heavy atom. The third-order valence-corrected chi connectivity index (χ3v) is 6.51. The van der Waals surface area contributed by atoms with Crippen molar-refractivity contribution >= 4 is 27.1 Å². The van der Waals surface area contributed by atoms with E-state index >= 15 is 0 Å². The van der Waals surface area contributed by atoms with Gasteiger partial charge in [-0.2, -0.15) is 4.31 Å². The molecular weight excluding hydrogens is 384 g/mol. The minimum atomic E-state index is -3.78. The van der Waals surface area contributed by atoms with Crippen molar-refractivity contribution in [3.63, 3.8) is 0 Å². The molecule has 10 heteroatoms. The van der Waals surface area contributed by atoms with Gasteiger partial charge in [0.25, 0.3) is 5.69 Å². The predicted octanol–water partition coefficient (Wildman–Crippen LogP) is 3.16. The van der Waals surface area contributed by atoms with E-state index in [0.29, 0.717) is 24.7 Å². The topological polar surface area (TPSA) is 115 Å². The summed E-state index contributed by atoms with van der Waals surface area (Å²) in [5, 5.41) is 14.4. The molecule has 1 aliphatic rings. The van der Waals surface area contributed by atoms with E-state index in [9.17, 15) is 18.5 Å². The second-order valence-electron chi connectivity index (χ2n) is 6.76. The molecule has 9 nitrogen and oxygen atoms in total. The van der Waals surface area contributed by atoms with Gasteiger partial charge < -0.3 is 10.1 Å². The molecule has 1 aromatic carbocycles. The number of piperidine rings is 1. The van der Waals surface area contributed by atoms with Gasteiger partial charge in [0.1, 0.15) is 5.69 Å². The van der Waals surface area contributed by atoms with Crippen molar-refractivity contribution in [1.82, 2.24) is 9.29 Å². The molecule has 1 aromatic heterocycles. The van der Waals surface area contributed by atoms with Crippen molar-refractivity contribution in [2.75, 3.05) is 25.5 Å². The number of nitro benzene ring substituents is 1. The lowest BCUT2D eigenvalue weighted by atomic mass is 10.0. The first-order valence-corrected chi connectivity index (χ1v) is 10.3. The van der Waals surface area contributed by atoms with Gasteiger partial charge in [-0.15, -0.1) is 0 Å². The molecule has 0 radical (unpaired) electrons. The second-order valence-corrected chi connectivity index (χ2v) is 8.70. The molecule has 3 rings (SSSR count). The average Bonchev–Trinajstić information content (AvgIpc) is 2.68. The number of anilines is 2. The lowest BCUT2D eigenvalue weighted by molar-refractivity contribution is -0.384. The molecule has 2 heterocycles. The summed E-state index contributed by atoms with van der Waals surface area (Å²) in [7, 11) is -2.29. The van der Waals surface area contributed by atoms with Crippen molar-refractivity contribution in [3.05, 3.63) is 46.6 Å². The Morgan fingerprint density at radius 2 is 2.11 bits per heavy atom. The number of hydrogen-bond donors (Lipinski definition) is 1. The number of rotatable bonds is 6. The number of sulfonamides is 1. The molecule has 0 amide bonds. The van der Waals surface area contributed by atoms with E-state index in [1.54, 1.807) is 12.1 Å². The first-order chi connectivity index (χ1) is 13.3. The molecule has 0 spiro atoms. The highest BCUT2D eigenvalue weighted by Crippen LogP contribution is 2.32. The summed E-state index contributed by atoms with van der Waals surface area (Å²) in [5.74, 6) is 0.680. The molecule has 28 heavy (non-hydrogen) atoms. The van der Waals surface area contributed by atoms with Gasteiger partial charge in [0.2, 0.25) is 15.9 Å². The number of benzene rings is 1. The number of ether oxygens (including phenoxy) is 1. The van der Waals surface area contributed by atoms with Crippen LogP contribution in [0.1, 0.15) is 19.8 Å². The lowest BCUT2D eigenvalue weighted by Gasteiger charge is -2.30. The molecule has 0 bridgehead atoms. The summed E-state index contributed by atoms with van der Waals surface area (Å²) in [6.45, 7) is 2.85.